The van der Waals surface area contributed by atoms with Crippen molar-refractivity contribution in [1.29, 1.82) is 0 Å². The van der Waals surface area contributed by atoms with Gasteiger partial charge in [-0.15, -0.1) is 0 Å². The molecule has 0 aliphatic carbocycles. The van der Waals surface area contributed by atoms with E-state index in [1.165, 1.54) is 0 Å². The standard InChI is InChI=1S/C14H14N2OS/c1-10-5-2-3-6-11(10)9-16-13(17)12-7-4-8-15-14(12)18/h2-8H,9H2,1H3,(H,15,18)(H,16,17). The monoisotopic (exact) mass is 258 g/mol. The molecule has 0 radical (unpaired) electrons. The lowest BCUT2D eigenvalue weighted by atomic mass is 10.1. The van der Waals surface area contributed by atoms with Crippen molar-refractivity contribution in [2.24, 2.45) is 0 Å². The number of hydrogen-bond acceptors (Lipinski definition) is 2. The molecular weight excluding hydrogens is 244 g/mol. The molecule has 0 saturated carbocycles. The van der Waals surface area contributed by atoms with Crippen LogP contribution in [0.25, 0.3) is 0 Å². The molecule has 0 fully saturated rings. The summed E-state index contributed by atoms with van der Waals surface area (Å²) in [5.74, 6) is -0.153. The minimum atomic E-state index is -0.153. The molecule has 1 heterocycles. The Hall–Kier alpha value is -1.94. The third-order valence-corrected chi connectivity index (χ3v) is 3.10. The van der Waals surface area contributed by atoms with Crippen molar-refractivity contribution in [2.45, 2.75) is 13.5 Å². The molecule has 1 amide bonds. The highest BCUT2D eigenvalue weighted by molar-refractivity contribution is 7.71. The number of benzene rings is 1. The number of nitrogens with one attached hydrogen (secondary N) is 2. The molecule has 3 nitrogen and oxygen atoms in total. The lowest BCUT2D eigenvalue weighted by Gasteiger charge is -2.07. The number of aromatic nitrogens is 1. The zero-order chi connectivity index (χ0) is 13.0. The largest absolute Gasteiger partial charge is 0.352 e. The van der Waals surface area contributed by atoms with Crippen LogP contribution in [0, 0.1) is 11.6 Å². The normalized spacial score (nSPS) is 10.1. The second-order valence-electron chi connectivity index (χ2n) is 4.02. The molecule has 2 rings (SSSR count). The first-order chi connectivity index (χ1) is 8.68. The quantitative estimate of drug-likeness (QED) is 0.831. The third-order valence-electron chi connectivity index (χ3n) is 2.76. The molecule has 0 unspecified atom stereocenters. The van der Waals surface area contributed by atoms with Gasteiger partial charge in [0.25, 0.3) is 5.91 Å². The predicted octanol–water partition coefficient (Wildman–Crippen LogP) is 2.98. The summed E-state index contributed by atoms with van der Waals surface area (Å²) in [5, 5.41) is 2.87. The molecule has 2 N–H and O–H groups in total. The van der Waals surface area contributed by atoms with Crippen molar-refractivity contribution in [1.82, 2.24) is 10.3 Å². The van der Waals surface area contributed by atoms with Crippen LogP contribution in [-0.4, -0.2) is 10.9 Å². The Labute approximate surface area is 111 Å². The number of carbonyl (C=O) groups excluding carboxylic acids is 1. The zero-order valence-electron chi connectivity index (χ0n) is 10.1. The van der Waals surface area contributed by atoms with Crippen molar-refractivity contribution in [3.05, 3.63) is 63.9 Å². The first-order valence-electron chi connectivity index (χ1n) is 5.69. The summed E-state index contributed by atoms with van der Waals surface area (Å²) in [6, 6.07) is 11.4. The molecule has 0 bridgehead atoms. The van der Waals surface area contributed by atoms with E-state index in [1.54, 1.807) is 18.3 Å². The maximum absolute atomic E-state index is 12.0. The molecule has 1 aromatic heterocycles. The van der Waals surface area contributed by atoms with Gasteiger partial charge in [0.1, 0.15) is 4.64 Å². The van der Waals surface area contributed by atoms with Crippen molar-refractivity contribution < 1.29 is 4.79 Å². The number of rotatable bonds is 3. The first kappa shape index (κ1) is 12.5. The average molecular weight is 258 g/mol. The predicted molar refractivity (Wildman–Crippen MR) is 74.0 cm³/mol. The van der Waals surface area contributed by atoms with E-state index in [0.717, 1.165) is 11.1 Å². The van der Waals surface area contributed by atoms with E-state index in [4.69, 9.17) is 12.2 Å². The minimum absolute atomic E-state index is 0.153. The molecule has 1 aromatic carbocycles. The highest BCUT2D eigenvalue weighted by Crippen LogP contribution is 2.07. The molecule has 0 saturated heterocycles. The van der Waals surface area contributed by atoms with Crippen molar-refractivity contribution >= 4 is 18.1 Å². The summed E-state index contributed by atoms with van der Waals surface area (Å²) in [7, 11) is 0. The Morgan fingerprint density at radius 2 is 2.06 bits per heavy atom. The Kier molecular flexibility index (Phi) is 3.89. The summed E-state index contributed by atoms with van der Waals surface area (Å²) in [4.78, 5) is 14.8. The highest BCUT2D eigenvalue weighted by atomic mass is 32.1. The van der Waals surface area contributed by atoms with Gasteiger partial charge in [-0.25, -0.2) is 0 Å². The van der Waals surface area contributed by atoms with Crippen LogP contribution >= 0.6 is 12.2 Å². The van der Waals surface area contributed by atoms with Crippen LogP contribution in [0.15, 0.2) is 42.6 Å². The van der Waals surface area contributed by atoms with Crippen molar-refractivity contribution in [2.75, 3.05) is 0 Å². The second-order valence-corrected chi connectivity index (χ2v) is 4.43. The van der Waals surface area contributed by atoms with Crippen LogP contribution in [0.1, 0.15) is 21.5 Å². The lowest BCUT2D eigenvalue weighted by molar-refractivity contribution is 0.0950. The van der Waals surface area contributed by atoms with Crippen LogP contribution in [0.3, 0.4) is 0 Å². The highest BCUT2D eigenvalue weighted by Gasteiger charge is 2.07. The van der Waals surface area contributed by atoms with Crippen molar-refractivity contribution in [3.63, 3.8) is 0 Å². The van der Waals surface area contributed by atoms with E-state index in [9.17, 15) is 4.79 Å². The van der Waals surface area contributed by atoms with Gasteiger partial charge in [0.05, 0.1) is 5.56 Å². The number of pyridine rings is 1. The first-order valence-corrected chi connectivity index (χ1v) is 6.09. The SMILES string of the molecule is Cc1ccccc1CNC(=O)c1ccc[nH]c1=S. The Morgan fingerprint density at radius 1 is 1.28 bits per heavy atom. The van der Waals surface area contributed by atoms with Gasteiger partial charge in [-0.05, 0) is 30.2 Å². The van der Waals surface area contributed by atoms with Gasteiger partial charge >= 0.3 is 0 Å². The van der Waals surface area contributed by atoms with Crippen LogP contribution in [0.2, 0.25) is 0 Å². The topological polar surface area (TPSA) is 44.9 Å². The van der Waals surface area contributed by atoms with Gasteiger partial charge in [0.15, 0.2) is 0 Å². The summed E-state index contributed by atoms with van der Waals surface area (Å²) in [6.07, 6.45) is 1.71. The smallest absolute Gasteiger partial charge is 0.254 e. The maximum Gasteiger partial charge on any atom is 0.254 e. The number of amides is 1. The summed E-state index contributed by atoms with van der Waals surface area (Å²) >= 11 is 5.07. The number of aryl methyl sites for hydroxylation is 1. The van der Waals surface area contributed by atoms with E-state index >= 15 is 0 Å². The second kappa shape index (κ2) is 5.60. The molecule has 18 heavy (non-hydrogen) atoms. The number of carbonyl (C=O) groups is 1. The van der Waals surface area contributed by atoms with E-state index in [2.05, 4.69) is 10.3 Å². The lowest BCUT2D eigenvalue weighted by Crippen LogP contribution is -2.23. The molecule has 0 atom stereocenters. The van der Waals surface area contributed by atoms with Gasteiger partial charge in [-0.1, -0.05) is 36.5 Å². The van der Waals surface area contributed by atoms with Gasteiger partial charge in [0, 0.05) is 12.7 Å². The van der Waals surface area contributed by atoms with Gasteiger partial charge < -0.3 is 10.3 Å². The molecule has 92 valence electrons. The van der Waals surface area contributed by atoms with Crippen LogP contribution < -0.4 is 5.32 Å². The summed E-state index contributed by atoms with van der Waals surface area (Å²) in [6.45, 7) is 2.53. The number of hydrogen-bond donors (Lipinski definition) is 2. The van der Waals surface area contributed by atoms with Crippen LogP contribution in [0.4, 0.5) is 0 Å². The molecule has 2 aromatic rings. The van der Waals surface area contributed by atoms with Gasteiger partial charge in [-0.3, -0.25) is 4.79 Å². The zero-order valence-corrected chi connectivity index (χ0v) is 10.9. The average Bonchev–Trinajstić information content (AvgIpc) is 2.38. The van der Waals surface area contributed by atoms with E-state index in [1.807, 2.05) is 31.2 Å². The van der Waals surface area contributed by atoms with Crippen LogP contribution in [-0.2, 0) is 6.54 Å². The summed E-state index contributed by atoms with van der Waals surface area (Å²) < 4.78 is 0.458. The fourth-order valence-electron chi connectivity index (χ4n) is 1.68. The third kappa shape index (κ3) is 2.84. The molecule has 4 heteroatoms. The molecule has 0 aliphatic rings. The fraction of sp³-hybridized carbons (Fsp3) is 0.143. The molecule has 0 spiro atoms. The van der Waals surface area contributed by atoms with E-state index in [0.29, 0.717) is 16.7 Å². The maximum atomic E-state index is 12.0. The Morgan fingerprint density at radius 3 is 2.78 bits per heavy atom. The minimum Gasteiger partial charge on any atom is -0.352 e. The molecule has 0 aliphatic heterocycles. The van der Waals surface area contributed by atoms with Crippen molar-refractivity contribution in [3.8, 4) is 0 Å². The summed E-state index contributed by atoms with van der Waals surface area (Å²) in [5.41, 5.74) is 2.77. The number of H-pyrrole nitrogens is 1. The van der Waals surface area contributed by atoms with E-state index < -0.39 is 0 Å². The fourth-order valence-corrected chi connectivity index (χ4v) is 1.91. The van der Waals surface area contributed by atoms with Crippen LogP contribution in [0.5, 0.6) is 0 Å². The Bertz CT molecular complexity index is 619. The molecular formula is C14H14N2OS. The van der Waals surface area contributed by atoms with Gasteiger partial charge in [0.2, 0.25) is 0 Å². The van der Waals surface area contributed by atoms with Gasteiger partial charge in [-0.2, -0.15) is 0 Å². The number of aromatic amines is 1. The van der Waals surface area contributed by atoms with E-state index in [-0.39, 0.29) is 5.91 Å². The Balaban J connectivity index is 2.08.